The number of likely N-dealkylation sites (tertiary alicyclic amines) is 1. The maximum atomic E-state index is 6.04. The van der Waals surface area contributed by atoms with Crippen molar-refractivity contribution < 1.29 is 4.74 Å². The van der Waals surface area contributed by atoms with Crippen LogP contribution in [-0.4, -0.2) is 31.1 Å². The molecule has 0 unspecified atom stereocenters. The number of hydrogen-bond acceptors (Lipinski definition) is 4. The zero-order valence-corrected chi connectivity index (χ0v) is 20.1. The Morgan fingerprint density at radius 2 is 1.76 bits per heavy atom. The van der Waals surface area contributed by atoms with E-state index in [0.29, 0.717) is 6.61 Å². The number of ether oxygens (including phenoxy) is 1. The van der Waals surface area contributed by atoms with Gasteiger partial charge in [-0.25, -0.2) is 0 Å². The molecule has 152 valence electrons. The molecule has 2 aliphatic rings. The summed E-state index contributed by atoms with van der Waals surface area (Å²) in [5.74, 6) is 0. The van der Waals surface area contributed by atoms with Gasteiger partial charge in [-0.1, -0.05) is 52.0 Å². The molecule has 0 spiro atoms. The first-order chi connectivity index (χ1) is 13.8. The predicted molar refractivity (Wildman–Crippen MR) is 130 cm³/mol. The van der Waals surface area contributed by atoms with Gasteiger partial charge < -0.3 is 9.64 Å². The fourth-order valence-corrected chi connectivity index (χ4v) is 6.81. The summed E-state index contributed by atoms with van der Waals surface area (Å²) in [5, 5.41) is 0. The van der Waals surface area contributed by atoms with Gasteiger partial charge in [0, 0.05) is 41.7 Å². The van der Waals surface area contributed by atoms with E-state index in [0.717, 1.165) is 17.6 Å². The molecule has 0 N–H and O–H groups in total. The molecule has 0 atom stereocenters. The molecule has 2 aliphatic heterocycles. The van der Waals surface area contributed by atoms with E-state index in [4.69, 9.17) is 4.74 Å². The number of benzene rings is 2. The molecule has 1 saturated heterocycles. The molecular weight excluding hydrogens is 486 g/mol. The molecular formula is C23H23BrClNOS2. The second-order valence-electron chi connectivity index (χ2n) is 7.30. The molecule has 2 nitrogen and oxygen atoms in total. The average molecular weight is 509 g/mol. The minimum atomic E-state index is 0. The van der Waals surface area contributed by atoms with Crippen LogP contribution < -0.4 is 0 Å². The van der Waals surface area contributed by atoms with Crippen molar-refractivity contribution in [2.45, 2.75) is 29.2 Å². The Labute approximate surface area is 195 Å². The van der Waals surface area contributed by atoms with Crippen molar-refractivity contribution in [3.05, 3.63) is 57.9 Å². The van der Waals surface area contributed by atoms with Gasteiger partial charge >= 0.3 is 0 Å². The zero-order valence-electron chi connectivity index (χ0n) is 16.0. The summed E-state index contributed by atoms with van der Waals surface area (Å²) in [6, 6.07) is 17.7. The van der Waals surface area contributed by atoms with Crippen LogP contribution in [0.1, 0.15) is 17.7 Å². The lowest BCUT2D eigenvalue weighted by Gasteiger charge is -2.13. The molecule has 1 aromatic heterocycles. The highest BCUT2D eigenvalue weighted by molar-refractivity contribution is 9.10. The van der Waals surface area contributed by atoms with Crippen LogP contribution in [0.2, 0.25) is 0 Å². The van der Waals surface area contributed by atoms with E-state index in [1.165, 1.54) is 62.2 Å². The molecule has 29 heavy (non-hydrogen) atoms. The summed E-state index contributed by atoms with van der Waals surface area (Å²) in [7, 11) is 0. The van der Waals surface area contributed by atoms with E-state index < -0.39 is 0 Å². The van der Waals surface area contributed by atoms with Crippen LogP contribution >= 0.6 is 51.4 Å². The van der Waals surface area contributed by atoms with Crippen LogP contribution in [-0.2, 0) is 11.3 Å². The molecule has 1 fully saturated rings. The lowest BCUT2D eigenvalue weighted by Crippen LogP contribution is -2.23. The van der Waals surface area contributed by atoms with E-state index in [1.807, 2.05) is 23.1 Å². The van der Waals surface area contributed by atoms with Crippen molar-refractivity contribution >= 4 is 51.4 Å². The van der Waals surface area contributed by atoms with Crippen LogP contribution in [0, 0.1) is 0 Å². The third-order valence-corrected chi connectivity index (χ3v) is 8.13. The van der Waals surface area contributed by atoms with Gasteiger partial charge in [-0.2, -0.15) is 0 Å². The molecule has 3 aromatic rings. The van der Waals surface area contributed by atoms with Crippen molar-refractivity contribution in [2.24, 2.45) is 0 Å². The van der Waals surface area contributed by atoms with Crippen LogP contribution in [0.15, 0.2) is 62.8 Å². The minimum Gasteiger partial charge on any atom is -0.375 e. The third kappa shape index (κ3) is 4.60. The lowest BCUT2D eigenvalue weighted by atomic mass is 10.0. The standard InChI is InChI=1S/C23H22BrNOS2.ClH/c24-16-7-8-19-22(13-16)28-21-6-2-1-5-18(21)20-14-17(27-23(19)20)15-26-12-11-25-9-3-4-10-25;/h1-2,5-8,13-14H,3-4,9-12,15H2;1H. The number of halogens is 2. The second-order valence-corrected chi connectivity index (χ2v) is 10.4. The van der Waals surface area contributed by atoms with Crippen molar-refractivity contribution in [2.75, 3.05) is 26.2 Å². The van der Waals surface area contributed by atoms with Gasteiger partial charge in [0.25, 0.3) is 0 Å². The van der Waals surface area contributed by atoms with Crippen molar-refractivity contribution in [3.63, 3.8) is 0 Å². The van der Waals surface area contributed by atoms with Gasteiger partial charge in [0.05, 0.1) is 13.2 Å². The zero-order chi connectivity index (χ0) is 18.9. The normalized spacial score (nSPS) is 15.2. The molecule has 2 aromatic carbocycles. The van der Waals surface area contributed by atoms with Gasteiger partial charge in [-0.15, -0.1) is 23.7 Å². The molecule has 6 heteroatoms. The van der Waals surface area contributed by atoms with Crippen LogP contribution in [0.3, 0.4) is 0 Å². The molecule has 0 aliphatic carbocycles. The van der Waals surface area contributed by atoms with Crippen LogP contribution in [0.25, 0.3) is 21.6 Å². The summed E-state index contributed by atoms with van der Waals surface area (Å²) >= 11 is 7.37. The van der Waals surface area contributed by atoms with Gasteiger partial charge in [-0.3, -0.25) is 0 Å². The Morgan fingerprint density at radius 1 is 0.931 bits per heavy atom. The number of fused-ring (bicyclic) bond motifs is 5. The van der Waals surface area contributed by atoms with Crippen LogP contribution in [0.5, 0.6) is 0 Å². The van der Waals surface area contributed by atoms with E-state index >= 15 is 0 Å². The molecule has 0 amide bonds. The summed E-state index contributed by atoms with van der Waals surface area (Å²) in [4.78, 5) is 7.80. The van der Waals surface area contributed by atoms with Crippen molar-refractivity contribution in [1.82, 2.24) is 4.90 Å². The SMILES string of the molecule is Brc1ccc2c(c1)Sc1ccccc1-c1cc(COCCN3CCCC3)sc1-2.Cl. The third-order valence-electron chi connectivity index (χ3n) is 5.36. The Balaban J connectivity index is 0.00000205. The lowest BCUT2D eigenvalue weighted by molar-refractivity contribution is 0.101. The van der Waals surface area contributed by atoms with Crippen molar-refractivity contribution in [1.29, 1.82) is 0 Å². The number of hydrogen-bond donors (Lipinski definition) is 0. The fraction of sp³-hybridized carbons (Fsp3) is 0.304. The minimum absolute atomic E-state index is 0. The number of nitrogens with zero attached hydrogens (tertiary/aromatic N) is 1. The predicted octanol–water partition coefficient (Wildman–Crippen LogP) is 7.34. The first kappa shape index (κ1) is 21.4. The summed E-state index contributed by atoms with van der Waals surface area (Å²) in [6.45, 7) is 5.04. The smallest absolute Gasteiger partial charge is 0.0810 e. The summed E-state index contributed by atoms with van der Waals surface area (Å²) < 4.78 is 7.17. The first-order valence-corrected chi connectivity index (χ1v) is 12.2. The molecule has 3 heterocycles. The number of thiophene rings is 1. The number of rotatable bonds is 5. The van der Waals surface area contributed by atoms with E-state index in [-0.39, 0.29) is 12.4 Å². The van der Waals surface area contributed by atoms with Gasteiger partial charge in [0.1, 0.15) is 0 Å². The Hall–Kier alpha value is -0.820. The van der Waals surface area contributed by atoms with Crippen molar-refractivity contribution in [3.8, 4) is 21.6 Å². The molecule has 5 rings (SSSR count). The maximum absolute atomic E-state index is 6.04. The first-order valence-electron chi connectivity index (χ1n) is 9.78. The Morgan fingerprint density at radius 3 is 2.62 bits per heavy atom. The van der Waals surface area contributed by atoms with Gasteiger partial charge in [0.15, 0.2) is 0 Å². The Bertz CT molecular complexity index is 1000. The highest BCUT2D eigenvalue weighted by atomic mass is 79.9. The van der Waals surface area contributed by atoms with Crippen LogP contribution in [0.4, 0.5) is 0 Å². The largest absolute Gasteiger partial charge is 0.375 e. The summed E-state index contributed by atoms with van der Waals surface area (Å²) in [6.07, 6.45) is 2.68. The van der Waals surface area contributed by atoms with Gasteiger partial charge in [-0.05, 0) is 55.8 Å². The fourth-order valence-electron chi connectivity index (χ4n) is 3.95. The van der Waals surface area contributed by atoms with Gasteiger partial charge in [0.2, 0.25) is 0 Å². The highest BCUT2D eigenvalue weighted by Gasteiger charge is 2.22. The second kappa shape index (κ2) is 9.54. The average Bonchev–Trinajstić information content (AvgIpc) is 3.34. The molecule has 0 saturated carbocycles. The maximum Gasteiger partial charge on any atom is 0.0810 e. The topological polar surface area (TPSA) is 12.5 Å². The Kier molecular flexibility index (Phi) is 7.05. The van der Waals surface area contributed by atoms with E-state index in [9.17, 15) is 0 Å². The quantitative estimate of drug-likeness (QED) is 0.262. The van der Waals surface area contributed by atoms with E-state index in [2.05, 4.69) is 69.4 Å². The highest BCUT2D eigenvalue weighted by Crippen LogP contribution is 2.51. The molecule has 0 radical (unpaired) electrons. The molecule has 0 bridgehead atoms. The summed E-state index contributed by atoms with van der Waals surface area (Å²) in [5.41, 5.74) is 3.99. The van der Waals surface area contributed by atoms with E-state index in [1.54, 1.807) is 0 Å². The monoisotopic (exact) mass is 507 g/mol.